The summed E-state index contributed by atoms with van der Waals surface area (Å²) in [6.45, 7) is 0. The number of rotatable bonds is 2. The Morgan fingerprint density at radius 3 is 2.04 bits per heavy atom. The Labute approximate surface area is 149 Å². The number of amides is 2. The first-order chi connectivity index (χ1) is 12.5. The molecule has 2 amide bonds. The average molecular weight is 344 g/mol. The lowest BCUT2D eigenvalue weighted by Crippen LogP contribution is -2.26. The second-order valence-electron chi connectivity index (χ2n) is 6.06. The molecule has 0 aliphatic carbocycles. The zero-order chi connectivity index (χ0) is 18.4. The van der Waals surface area contributed by atoms with Gasteiger partial charge < -0.3 is 17.2 Å². The molecule has 3 aromatic rings. The molecule has 0 atom stereocenters. The van der Waals surface area contributed by atoms with Crippen LogP contribution in [-0.4, -0.2) is 11.8 Å². The van der Waals surface area contributed by atoms with Crippen molar-refractivity contribution in [3.05, 3.63) is 71.8 Å². The van der Waals surface area contributed by atoms with Gasteiger partial charge in [0.15, 0.2) is 0 Å². The fraction of sp³-hybridized carbons (Fsp3) is 0. The van der Waals surface area contributed by atoms with Crippen LogP contribution in [0.5, 0.6) is 0 Å². The molecule has 0 saturated carbocycles. The standard InChI is InChI=1S/C20H16N4O2/c21-17-14-9-10-16(18(17)22)24(15-4-2-1-3-13(14)15)20(26)12-7-5-11(6-8-12)19(23)25/h1-10H,21-22H2,(H2,23,25). The van der Waals surface area contributed by atoms with E-state index in [4.69, 9.17) is 17.2 Å². The number of anilines is 4. The maximum Gasteiger partial charge on any atom is 0.262 e. The van der Waals surface area contributed by atoms with Gasteiger partial charge in [0.25, 0.3) is 5.91 Å². The normalized spacial score (nSPS) is 11.8. The molecule has 0 unspecified atom stereocenters. The topological polar surface area (TPSA) is 115 Å². The van der Waals surface area contributed by atoms with Crippen molar-refractivity contribution in [2.45, 2.75) is 0 Å². The first kappa shape index (κ1) is 15.7. The van der Waals surface area contributed by atoms with Gasteiger partial charge in [-0.05, 0) is 42.5 Å². The van der Waals surface area contributed by atoms with Gasteiger partial charge in [0.2, 0.25) is 5.91 Å². The van der Waals surface area contributed by atoms with Gasteiger partial charge in [-0.1, -0.05) is 18.2 Å². The molecule has 6 nitrogen and oxygen atoms in total. The molecule has 26 heavy (non-hydrogen) atoms. The average Bonchev–Trinajstić information content (AvgIpc) is 2.87. The lowest BCUT2D eigenvalue weighted by atomic mass is 10.0. The van der Waals surface area contributed by atoms with Crippen LogP contribution in [0.4, 0.5) is 22.7 Å². The van der Waals surface area contributed by atoms with Crippen LogP contribution >= 0.6 is 0 Å². The molecule has 0 radical (unpaired) electrons. The summed E-state index contributed by atoms with van der Waals surface area (Å²) in [6, 6.07) is 17.3. The third kappa shape index (κ3) is 2.20. The van der Waals surface area contributed by atoms with Crippen LogP contribution in [-0.2, 0) is 0 Å². The first-order valence-corrected chi connectivity index (χ1v) is 8.00. The van der Waals surface area contributed by atoms with E-state index in [2.05, 4.69) is 0 Å². The summed E-state index contributed by atoms with van der Waals surface area (Å²) in [7, 11) is 0. The number of carbonyl (C=O) groups excluding carboxylic acids is 2. The van der Waals surface area contributed by atoms with Gasteiger partial charge in [0.1, 0.15) is 0 Å². The third-order valence-corrected chi connectivity index (χ3v) is 4.56. The smallest absolute Gasteiger partial charge is 0.262 e. The quantitative estimate of drug-likeness (QED) is 0.620. The number of benzene rings is 3. The number of nitrogens with zero attached hydrogens (tertiary/aromatic N) is 1. The molecule has 0 fully saturated rings. The summed E-state index contributed by atoms with van der Waals surface area (Å²) in [4.78, 5) is 26.1. The van der Waals surface area contributed by atoms with E-state index in [1.54, 1.807) is 23.1 Å². The van der Waals surface area contributed by atoms with Crippen molar-refractivity contribution in [3.8, 4) is 11.1 Å². The summed E-state index contributed by atoms with van der Waals surface area (Å²) in [6.07, 6.45) is 0. The van der Waals surface area contributed by atoms with Gasteiger partial charge in [0.05, 0.1) is 22.7 Å². The zero-order valence-electron chi connectivity index (χ0n) is 13.8. The molecule has 128 valence electrons. The van der Waals surface area contributed by atoms with Crippen LogP contribution < -0.4 is 22.1 Å². The van der Waals surface area contributed by atoms with Crippen molar-refractivity contribution >= 4 is 34.6 Å². The molecule has 6 N–H and O–H groups in total. The Bertz CT molecular complexity index is 1060. The van der Waals surface area contributed by atoms with E-state index < -0.39 is 5.91 Å². The van der Waals surface area contributed by atoms with E-state index in [1.165, 1.54) is 12.1 Å². The number of para-hydroxylation sites is 1. The van der Waals surface area contributed by atoms with E-state index in [-0.39, 0.29) is 5.91 Å². The van der Waals surface area contributed by atoms with Gasteiger partial charge in [-0.3, -0.25) is 14.5 Å². The highest BCUT2D eigenvalue weighted by atomic mass is 16.2. The van der Waals surface area contributed by atoms with Crippen LogP contribution in [0.3, 0.4) is 0 Å². The minimum Gasteiger partial charge on any atom is -0.396 e. The SMILES string of the molecule is NC(=O)c1ccc(C(=O)N2c3ccccc3-c3ccc2c(N)c3N)cc1. The molecular weight excluding hydrogens is 328 g/mol. The Morgan fingerprint density at radius 1 is 0.692 bits per heavy atom. The molecule has 0 aromatic heterocycles. The van der Waals surface area contributed by atoms with Crippen molar-refractivity contribution in [2.24, 2.45) is 5.73 Å². The fourth-order valence-corrected chi connectivity index (χ4v) is 3.21. The number of hydrogen-bond acceptors (Lipinski definition) is 4. The number of nitrogens with two attached hydrogens (primary N) is 3. The van der Waals surface area contributed by atoms with Crippen molar-refractivity contribution < 1.29 is 9.59 Å². The first-order valence-electron chi connectivity index (χ1n) is 8.00. The molecule has 2 bridgehead atoms. The van der Waals surface area contributed by atoms with E-state index >= 15 is 0 Å². The number of carbonyl (C=O) groups is 2. The predicted molar refractivity (Wildman–Crippen MR) is 102 cm³/mol. The molecule has 3 aromatic carbocycles. The second kappa shape index (κ2) is 5.63. The van der Waals surface area contributed by atoms with Crippen LogP contribution in [0.15, 0.2) is 60.7 Å². The van der Waals surface area contributed by atoms with Crippen LogP contribution in [0.2, 0.25) is 0 Å². The number of primary amides is 1. The lowest BCUT2D eigenvalue weighted by Gasteiger charge is -2.23. The molecule has 0 spiro atoms. The van der Waals surface area contributed by atoms with E-state index in [0.29, 0.717) is 33.9 Å². The Balaban J connectivity index is 1.89. The van der Waals surface area contributed by atoms with E-state index in [9.17, 15) is 9.59 Å². The molecule has 2 aliphatic rings. The minimum atomic E-state index is -0.545. The summed E-state index contributed by atoms with van der Waals surface area (Å²) in [5.41, 5.74) is 22.1. The number of hydrogen-bond donors (Lipinski definition) is 3. The summed E-state index contributed by atoms with van der Waals surface area (Å²) in [5.74, 6) is -0.816. The van der Waals surface area contributed by atoms with Crippen molar-refractivity contribution in [3.63, 3.8) is 0 Å². The monoisotopic (exact) mass is 344 g/mol. The van der Waals surface area contributed by atoms with E-state index in [1.807, 2.05) is 30.3 Å². The molecule has 0 saturated heterocycles. The van der Waals surface area contributed by atoms with Crippen LogP contribution in [0.1, 0.15) is 20.7 Å². The highest BCUT2D eigenvalue weighted by molar-refractivity contribution is 6.17. The Kier molecular flexibility index (Phi) is 3.40. The Hall–Kier alpha value is -3.80. The van der Waals surface area contributed by atoms with Crippen molar-refractivity contribution in [1.82, 2.24) is 0 Å². The minimum absolute atomic E-state index is 0.271. The highest BCUT2D eigenvalue weighted by Crippen LogP contribution is 2.48. The molecule has 5 rings (SSSR count). The number of nitrogen functional groups attached to an aromatic ring is 2. The largest absolute Gasteiger partial charge is 0.396 e. The summed E-state index contributed by atoms with van der Waals surface area (Å²) >= 11 is 0. The van der Waals surface area contributed by atoms with Crippen molar-refractivity contribution in [2.75, 3.05) is 16.4 Å². The third-order valence-electron chi connectivity index (χ3n) is 4.56. The molecule has 6 heteroatoms. The van der Waals surface area contributed by atoms with Crippen LogP contribution in [0, 0.1) is 0 Å². The maximum absolute atomic E-state index is 13.3. The van der Waals surface area contributed by atoms with Gasteiger partial charge in [-0.2, -0.15) is 0 Å². The molecule has 2 heterocycles. The van der Waals surface area contributed by atoms with Gasteiger partial charge in [-0.15, -0.1) is 0 Å². The molecule has 2 aliphatic heterocycles. The predicted octanol–water partition coefficient (Wildman–Crippen LogP) is 2.91. The second-order valence-corrected chi connectivity index (χ2v) is 6.06. The van der Waals surface area contributed by atoms with Gasteiger partial charge >= 0.3 is 0 Å². The summed E-state index contributed by atoms with van der Waals surface area (Å²) < 4.78 is 0. The van der Waals surface area contributed by atoms with Crippen LogP contribution in [0.25, 0.3) is 11.1 Å². The van der Waals surface area contributed by atoms with Gasteiger partial charge in [-0.25, -0.2) is 0 Å². The maximum atomic E-state index is 13.3. The Morgan fingerprint density at radius 2 is 1.35 bits per heavy atom. The number of fused-ring (bicyclic) bond motifs is 2. The zero-order valence-corrected chi connectivity index (χ0v) is 13.8. The highest BCUT2D eigenvalue weighted by Gasteiger charge is 2.29. The summed E-state index contributed by atoms with van der Waals surface area (Å²) in [5, 5.41) is 0. The fourth-order valence-electron chi connectivity index (χ4n) is 3.21. The van der Waals surface area contributed by atoms with Crippen molar-refractivity contribution in [1.29, 1.82) is 0 Å². The molecular formula is C20H16N4O2. The lowest BCUT2D eigenvalue weighted by molar-refractivity contribution is 0.0988. The van der Waals surface area contributed by atoms with Gasteiger partial charge in [0, 0.05) is 22.3 Å². The van der Waals surface area contributed by atoms with E-state index in [0.717, 1.165) is 11.1 Å².